The zero-order valence-electron chi connectivity index (χ0n) is 13.2. The molecule has 0 saturated heterocycles. The van der Waals surface area contributed by atoms with E-state index in [0.29, 0.717) is 16.8 Å². The van der Waals surface area contributed by atoms with Crippen LogP contribution in [0, 0.1) is 0 Å². The van der Waals surface area contributed by atoms with Crippen LogP contribution in [0.1, 0.15) is 10.5 Å². The van der Waals surface area contributed by atoms with Gasteiger partial charge in [0.1, 0.15) is 0 Å². The number of nitrogens with zero attached hydrogens (tertiary/aromatic N) is 2. The highest BCUT2D eigenvalue weighted by Gasteiger charge is 2.14. The molecule has 2 aromatic carbocycles. The topological polar surface area (TPSA) is 82.7 Å². The molecule has 0 fully saturated rings. The van der Waals surface area contributed by atoms with Crippen LogP contribution in [-0.2, 0) is 0 Å². The van der Waals surface area contributed by atoms with E-state index in [1.54, 1.807) is 18.5 Å². The van der Waals surface area contributed by atoms with Gasteiger partial charge < -0.3 is 10.6 Å². The molecular weight excluding hydrogens is 314 g/mol. The number of nitrogens with one attached hydrogen (secondary N) is 3. The standard InChI is InChI=1S/C19H15N5O/c25-19(18-16-12-20-11-10-17(16)23-24-18)22-15-8-6-14(7-9-15)21-13-4-2-1-3-5-13/h1-12,21H,(H,22,25)(H,23,24). The molecule has 0 aliphatic rings. The third kappa shape index (κ3) is 3.18. The Balaban J connectivity index is 1.48. The van der Waals surface area contributed by atoms with Crippen LogP contribution < -0.4 is 10.6 Å². The maximum atomic E-state index is 12.4. The number of benzene rings is 2. The normalized spacial score (nSPS) is 10.6. The monoisotopic (exact) mass is 329 g/mol. The minimum Gasteiger partial charge on any atom is -0.356 e. The lowest BCUT2D eigenvalue weighted by molar-refractivity contribution is 0.102. The van der Waals surface area contributed by atoms with Crippen molar-refractivity contribution in [2.24, 2.45) is 0 Å². The van der Waals surface area contributed by atoms with E-state index >= 15 is 0 Å². The summed E-state index contributed by atoms with van der Waals surface area (Å²) in [4.78, 5) is 16.5. The second-order valence-electron chi connectivity index (χ2n) is 5.52. The van der Waals surface area contributed by atoms with Gasteiger partial charge in [-0.1, -0.05) is 18.2 Å². The molecule has 0 bridgehead atoms. The number of H-pyrrole nitrogens is 1. The highest BCUT2D eigenvalue weighted by atomic mass is 16.1. The minimum absolute atomic E-state index is 0.275. The van der Waals surface area contributed by atoms with Crippen molar-refractivity contribution in [3.63, 3.8) is 0 Å². The fourth-order valence-corrected chi connectivity index (χ4v) is 2.55. The Morgan fingerprint density at radius 2 is 1.60 bits per heavy atom. The number of aromatic nitrogens is 3. The van der Waals surface area contributed by atoms with Gasteiger partial charge in [0.15, 0.2) is 5.69 Å². The first-order valence-electron chi connectivity index (χ1n) is 7.81. The summed E-state index contributed by atoms with van der Waals surface area (Å²) in [6, 6.07) is 19.2. The zero-order valence-corrected chi connectivity index (χ0v) is 13.2. The van der Waals surface area contributed by atoms with Crippen LogP contribution in [-0.4, -0.2) is 21.1 Å². The van der Waals surface area contributed by atoms with E-state index < -0.39 is 0 Å². The first-order valence-corrected chi connectivity index (χ1v) is 7.81. The molecule has 0 spiro atoms. The van der Waals surface area contributed by atoms with E-state index in [-0.39, 0.29) is 5.91 Å². The molecule has 0 unspecified atom stereocenters. The summed E-state index contributed by atoms with van der Waals surface area (Å²) < 4.78 is 0. The minimum atomic E-state index is -0.275. The number of carbonyl (C=O) groups is 1. The lowest BCUT2D eigenvalue weighted by Crippen LogP contribution is -2.12. The molecule has 6 nitrogen and oxygen atoms in total. The van der Waals surface area contributed by atoms with Gasteiger partial charge in [-0.15, -0.1) is 0 Å². The van der Waals surface area contributed by atoms with Crippen LogP contribution in [0.3, 0.4) is 0 Å². The van der Waals surface area contributed by atoms with Gasteiger partial charge in [-0.3, -0.25) is 14.9 Å². The quantitative estimate of drug-likeness (QED) is 0.529. The Labute approximate surface area is 143 Å². The second-order valence-corrected chi connectivity index (χ2v) is 5.52. The number of para-hydroxylation sites is 1. The highest BCUT2D eigenvalue weighted by molar-refractivity contribution is 6.10. The number of fused-ring (bicyclic) bond motifs is 1. The van der Waals surface area contributed by atoms with Crippen LogP contribution in [0.25, 0.3) is 10.9 Å². The molecule has 1 amide bonds. The summed E-state index contributed by atoms with van der Waals surface area (Å²) >= 11 is 0. The van der Waals surface area contributed by atoms with E-state index in [9.17, 15) is 4.79 Å². The van der Waals surface area contributed by atoms with Gasteiger partial charge >= 0.3 is 0 Å². The van der Waals surface area contributed by atoms with Crippen molar-refractivity contribution in [1.82, 2.24) is 15.2 Å². The number of aromatic amines is 1. The molecular formula is C19H15N5O. The SMILES string of the molecule is O=C(Nc1ccc(Nc2ccccc2)cc1)c1n[nH]c2ccncc12. The van der Waals surface area contributed by atoms with Gasteiger partial charge in [0, 0.05) is 29.5 Å². The first kappa shape index (κ1) is 14.9. The highest BCUT2D eigenvalue weighted by Crippen LogP contribution is 2.20. The van der Waals surface area contributed by atoms with Crippen LogP contribution in [0.2, 0.25) is 0 Å². The maximum Gasteiger partial charge on any atom is 0.276 e. The molecule has 2 aromatic heterocycles. The van der Waals surface area contributed by atoms with Gasteiger partial charge in [-0.05, 0) is 42.5 Å². The van der Waals surface area contributed by atoms with Crippen LogP contribution in [0.5, 0.6) is 0 Å². The van der Waals surface area contributed by atoms with Gasteiger partial charge in [-0.25, -0.2) is 0 Å². The van der Waals surface area contributed by atoms with Gasteiger partial charge in [0.05, 0.1) is 10.9 Å². The van der Waals surface area contributed by atoms with Crippen molar-refractivity contribution in [2.75, 3.05) is 10.6 Å². The maximum absolute atomic E-state index is 12.4. The van der Waals surface area contributed by atoms with Gasteiger partial charge in [0.25, 0.3) is 5.91 Å². The molecule has 3 N–H and O–H groups in total. The fourth-order valence-electron chi connectivity index (χ4n) is 2.55. The van der Waals surface area contributed by atoms with Crippen molar-refractivity contribution in [2.45, 2.75) is 0 Å². The molecule has 4 rings (SSSR count). The van der Waals surface area contributed by atoms with E-state index in [1.165, 1.54) is 0 Å². The van der Waals surface area contributed by atoms with Crippen molar-refractivity contribution >= 4 is 33.9 Å². The van der Waals surface area contributed by atoms with Crippen LogP contribution in [0.4, 0.5) is 17.1 Å². The van der Waals surface area contributed by atoms with Crippen molar-refractivity contribution in [3.05, 3.63) is 78.8 Å². The molecule has 4 aromatic rings. The number of amides is 1. The predicted octanol–water partition coefficient (Wildman–Crippen LogP) is 3.95. The van der Waals surface area contributed by atoms with Gasteiger partial charge in [0.2, 0.25) is 0 Å². The molecule has 0 atom stereocenters. The largest absolute Gasteiger partial charge is 0.356 e. The average Bonchev–Trinajstić information content (AvgIpc) is 3.08. The summed E-state index contributed by atoms with van der Waals surface area (Å²) in [5.74, 6) is -0.275. The molecule has 0 aliphatic carbocycles. The Morgan fingerprint density at radius 1 is 0.880 bits per heavy atom. The molecule has 6 heteroatoms. The number of anilines is 3. The Hall–Kier alpha value is -3.67. The average molecular weight is 329 g/mol. The molecule has 25 heavy (non-hydrogen) atoms. The summed E-state index contributed by atoms with van der Waals surface area (Å²) in [6.07, 6.45) is 3.28. The lowest BCUT2D eigenvalue weighted by atomic mass is 10.2. The number of pyridine rings is 1. The van der Waals surface area contributed by atoms with Crippen molar-refractivity contribution in [1.29, 1.82) is 0 Å². The van der Waals surface area contributed by atoms with E-state index in [1.807, 2.05) is 54.6 Å². The van der Waals surface area contributed by atoms with Crippen molar-refractivity contribution in [3.8, 4) is 0 Å². The van der Waals surface area contributed by atoms with Crippen molar-refractivity contribution < 1.29 is 4.79 Å². The van der Waals surface area contributed by atoms with Crippen LogP contribution in [0.15, 0.2) is 73.1 Å². The molecule has 2 heterocycles. The number of rotatable bonds is 4. The fraction of sp³-hybridized carbons (Fsp3) is 0. The number of hydrogen-bond donors (Lipinski definition) is 3. The van der Waals surface area contributed by atoms with Gasteiger partial charge in [-0.2, -0.15) is 5.10 Å². The summed E-state index contributed by atoms with van der Waals surface area (Å²) in [5.41, 5.74) is 3.76. The third-order valence-corrected chi connectivity index (χ3v) is 3.78. The third-order valence-electron chi connectivity index (χ3n) is 3.78. The molecule has 0 aliphatic heterocycles. The second kappa shape index (κ2) is 6.45. The molecule has 0 saturated carbocycles. The summed E-state index contributed by atoms with van der Waals surface area (Å²) in [6.45, 7) is 0. The van der Waals surface area contributed by atoms with E-state index in [2.05, 4.69) is 25.8 Å². The predicted molar refractivity (Wildman–Crippen MR) is 98.0 cm³/mol. The Kier molecular flexibility index (Phi) is 3.84. The summed E-state index contributed by atoms with van der Waals surface area (Å²) in [5, 5.41) is 13.8. The van der Waals surface area contributed by atoms with E-state index in [4.69, 9.17) is 0 Å². The Bertz CT molecular complexity index is 1010. The van der Waals surface area contributed by atoms with Crippen LogP contribution >= 0.6 is 0 Å². The number of hydrogen-bond acceptors (Lipinski definition) is 4. The van der Waals surface area contributed by atoms with E-state index in [0.717, 1.165) is 16.9 Å². The number of carbonyl (C=O) groups excluding carboxylic acids is 1. The molecule has 0 radical (unpaired) electrons. The smallest absolute Gasteiger partial charge is 0.276 e. The molecule has 122 valence electrons. The summed E-state index contributed by atoms with van der Waals surface area (Å²) in [7, 11) is 0. The zero-order chi connectivity index (χ0) is 17.1. The first-order chi connectivity index (χ1) is 12.3. The Morgan fingerprint density at radius 3 is 2.40 bits per heavy atom. The lowest BCUT2D eigenvalue weighted by Gasteiger charge is -2.08.